The first kappa shape index (κ1) is 15.5. The first-order chi connectivity index (χ1) is 8.68. The molecule has 0 saturated heterocycles. The molecule has 0 amide bonds. The molecular weight excluding hydrogens is 264 g/mol. The Kier molecular flexibility index (Phi) is 4.90. The van der Waals surface area contributed by atoms with Gasteiger partial charge in [0, 0.05) is 11.2 Å². The number of sulfonamides is 1. The smallest absolute Gasteiger partial charge is 0.209 e. The predicted molar refractivity (Wildman–Crippen MR) is 78.6 cm³/mol. The van der Waals surface area contributed by atoms with Crippen molar-refractivity contribution in [2.45, 2.75) is 19.4 Å². The monoisotopic (exact) mass is 284 g/mol. The maximum atomic E-state index is 11.2. The van der Waals surface area contributed by atoms with Crippen LogP contribution in [0.5, 0.6) is 0 Å². The van der Waals surface area contributed by atoms with Crippen molar-refractivity contribution in [3.05, 3.63) is 30.3 Å². The number of aliphatic imine (C=N–C) groups is 1. The minimum atomic E-state index is -3.27. The zero-order chi connectivity index (χ0) is 14.5. The van der Waals surface area contributed by atoms with E-state index in [4.69, 9.17) is 5.73 Å². The molecule has 0 radical (unpaired) electrons. The van der Waals surface area contributed by atoms with Gasteiger partial charge in [0.05, 0.1) is 12.8 Å². The van der Waals surface area contributed by atoms with E-state index in [1.54, 1.807) is 13.8 Å². The van der Waals surface area contributed by atoms with Gasteiger partial charge in [0.2, 0.25) is 10.0 Å². The Balaban J connectivity index is 2.61. The fourth-order valence-corrected chi connectivity index (χ4v) is 2.59. The Hall–Kier alpha value is -1.60. The largest absolute Gasteiger partial charge is 0.370 e. The summed E-state index contributed by atoms with van der Waals surface area (Å²) in [6.07, 6.45) is 1.12. The number of nitrogens with zero attached hydrogens (tertiary/aromatic N) is 1. The zero-order valence-electron chi connectivity index (χ0n) is 11.3. The lowest BCUT2D eigenvalue weighted by molar-refractivity contribution is 0.466. The molecule has 1 rings (SSSR count). The number of nitrogens with one attached hydrogen (secondary N) is 2. The summed E-state index contributed by atoms with van der Waals surface area (Å²) in [5, 5.41) is 2.93. The number of para-hydroxylation sites is 1. The van der Waals surface area contributed by atoms with Gasteiger partial charge in [0.25, 0.3) is 0 Å². The lowest BCUT2D eigenvalue weighted by Gasteiger charge is -2.22. The Morgan fingerprint density at radius 1 is 1.32 bits per heavy atom. The van der Waals surface area contributed by atoms with Crippen LogP contribution in [0.25, 0.3) is 0 Å². The predicted octanol–water partition coefficient (Wildman–Crippen LogP) is 0.741. The summed E-state index contributed by atoms with van der Waals surface area (Å²) in [7, 11) is -3.27. The maximum Gasteiger partial charge on any atom is 0.209 e. The van der Waals surface area contributed by atoms with Gasteiger partial charge in [-0.05, 0) is 26.0 Å². The third-order valence-electron chi connectivity index (χ3n) is 2.15. The summed E-state index contributed by atoms with van der Waals surface area (Å²) in [6.45, 7) is 3.73. The minimum Gasteiger partial charge on any atom is -0.370 e. The third-order valence-corrected chi connectivity index (χ3v) is 3.08. The van der Waals surface area contributed by atoms with E-state index < -0.39 is 15.6 Å². The molecule has 0 saturated carbocycles. The Morgan fingerprint density at radius 3 is 2.42 bits per heavy atom. The van der Waals surface area contributed by atoms with Crippen molar-refractivity contribution in [2.75, 3.05) is 18.1 Å². The molecule has 0 heterocycles. The van der Waals surface area contributed by atoms with Gasteiger partial charge in [-0.25, -0.2) is 13.1 Å². The van der Waals surface area contributed by atoms with Crippen LogP contribution in [-0.4, -0.2) is 32.7 Å². The molecule has 0 aliphatic carbocycles. The van der Waals surface area contributed by atoms with E-state index >= 15 is 0 Å². The number of hydrogen-bond donors (Lipinski definition) is 3. The van der Waals surface area contributed by atoms with Crippen molar-refractivity contribution in [2.24, 2.45) is 10.7 Å². The van der Waals surface area contributed by atoms with Crippen LogP contribution in [0.15, 0.2) is 35.3 Å². The molecule has 1 aromatic carbocycles. The molecule has 6 nitrogen and oxygen atoms in total. The van der Waals surface area contributed by atoms with E-state index in [0.29, 0.717) is 0 Å². The molecule has 0 bridgehead atoms. The molecule has 0 fully saturated rings. The fraction of sp³-hybridized carbons (Fsp3) is 0.417. The quantitative estimate of drug-likeness (QED) is 0.549. The van der Waals surface area contributed by atoms with Crippen molar-refractivity contribution >= 4 is 21.7 Å². The molecular formula is C12H20N4O2S. The highest BCUT2D eigenvalue weighted by atomic mass is 32.2. The van der Waals surface area contributed by atoms with Crippen LogP contribution in [0.1, 0.15) is 13.8 Å². The maximum absolute atomic E-state index is 11.2. The molecule has 0 unspecified atom stereocenters. The van der Waals surface area contributed by atoms with Gasteiger partial charge < -0.3 is 11.1 Å². The van der Waals surface area contributed by atoms with E-state index in [-0.39, 0.29) is 12.5 Å². The average Bonchev–Trinajstić information content (AvgIpc) is 2.25. The molecule has 19 heavy (non-hydrogen) atoms. The third kappa shape index (κ3) is 6.78. The van der Waals surface area contributed by atoms with E-state index in [1.165, 1.54) is 0 Å². The zero-order valence-corrected chi connectivity index (χ0v) is 12.2. The molecule has 0 spiro atoms. The first-order valence-electron chi connectivity index (χ1n) is 5.79. The summed E-state index contributed by atoms with van der Waals surface area (Å²) in [5.41, 5.74) is 5.89. The Morgan fingerprint density at radius 2 is 1.89 bits per heavy atom. The number of rotatable bonds is 5. The number of guanidine groups is 1. The number of nitrogens with two attached hydrogens (primary N) is 1. The van der Waals surface area contributed by atoms with Gasteiger partial charge in [-0.3, -0.25) is 4.99 Å². The number of hydrogen-bond acceptors (Lipinski definition) is 3. The highest BCUT2D eigenvalue weighted by molar-refractivity contribution is 7.88. The highest BCUT2D eigenvalue weighted by Crippen LogP contribution is 2.06. The minimum absolute atomic E-state index is 0.242. The van der Waals surface area contributed by atoms with Crippen LogP contribution in [-0.2, 0) is 10.0 Å². The SMILES string of the molecule is CC(C)(CN=C(N)Nc1ccccc1)NS(C)(=O)=O. The Bertz CT molecular complexity index is 538. The summed E-state index contributed by atoms with van der Waals surface area (Å²) < 4.78 is 24.8. The summed E-state index contributed by atoms with van der Waals surface area (Å²) in [4.78, 5) is 4.13. The first-order valence-corrected chi connectivity index (χ1v) is 7.68. The average molecular weight is 284 g/mol. The second-order valence-electron chi connectivity index (χ2n) is 4.95. The molecule has 0 atom stereocenters. The van der Waals surface area contributed by atoms with Crippen molar-refractivity contribution in [1.82, 2.24) is 4.72 Å². The molecule has 0 aliphatic rings. The Labute approximate surface area is 114 Å². The van der Waals surface area contributed by atoms with Crippen LogP contribution >= 0.6 is 0 Å². The molecule has 0 aromatic heterocycles. The highest BCUT2D eigenvalue weighted by Gasteiger charge is 2.21. The van der Waals surface area contributed by atoms with Crippen molar-refractivity contribution in [3.8, 4) is 0 Å². The van der Waals surface area contributed by atoms with Gasteiger partial charge in [-0.2, -0.15) is 0 Å². The van der Waals surface area contributed by atoms with E-state index in [9.17, 15) is 8.42 Å². The normalized spacial score (nSPS) is 13.3. The molecule has 4 N–H and O–H groups in total. The lowest BCUT2D eigenvalue weighted by atomic mass is 10.1. The van der Waals surface area contributed by atoms with Crippen LogP contribution in [0.3, 0.4) is 0 Å². The van der Waals surface area contributed by atoms with E-state index in [1.807, 2.05) is 30.3 Å². The second-order valence-corrected chi connectivity index (χ2v) is 6.70. The number of anilines is 1. The van der Waals surface area contributed by atoms with Gasteiger partial charge in [-0.15, -0.1) is 0 Å². The molecule has 0 aliphatic heterocycles. The fourth-order valence-electron chi connectivity index (χ4n) is 1.53. The summed E-state index contributed by atoms with van der Waals surface area (Å²) in [5.74, 6) is 0.245. The summed E-state index contributed by atoms with van der Waals surface area (Å²) >= 11 is 0. The molecule has 1 aromatic rings. The lowest BCUT2D eigenvalue weighted by Crippen LogP contribution is -2.45. The van der Waals surface area contributed by atoms with Crippen molar-refractivity contribution in [3.63, 3.8) is 0 Å². The van der Waals surface area contributed by atoms with Crippen molar-refractivity contribution in [1.29, 1.82) is 0 Å². The summed E-state index contributed by atoms with van der Waals surface area (Å²) in [6, 6.07) is 9.39. The molecule has 106 valence electrons. The van der Waals surface area contributed by atoms with Crippen LogP contribution in [0.2, 0.25) is 0 Å². The van der Waals surface area contributed by atoms with Crippen LogP contribution in [0, 0.1) is 0 Å². The van der Waals surface area contributed by atoms with Gasteiger partial charge in [0.1, 0.15) is 0 Å². The van der Waals surface area contributed by atoms with Crippen LogP contribution < -0.4 is 15.8 Å². The second kappa shape index (κ2) is 6.03. The van der Waals surface area contributed by atoms with Gasteiger partial charge in [-0.1, -0.05) is 18.2 Å². The van der Waals surface area contributed by atoms with E-state index in [2.05, 4.69) is 15.0 Å². The van der Waals surface area contributed by atoms with E-state index in [0.717, 1.165) is 11.9 Å². The van der Waals surface area contributed by atoms with Crippen molar-refractivity contribution < 1.29 is 8.42 Å². The van der Waals surface area contributed by atoms with Gasteiger partial charge in [0.15, 0.2) is 5.96 Å². The van der Waals surface area contributed by atoms with Gasteiger partial charge >= 0.3 is 0 Å². The number of benzene rings is 1. The van der Waals surface area contributed by atoms with Crippen LogP contribution in [0.4, 0.5) is 5.69 Å². The standard InChI is InChI=1S/C12H20N4O2S/c1-12(2,16-19(3,17)18)9-14-11(13)15-10-7-5-4-6-8-10/h4-8,16H,9H2,1-3H3,(H3,13,14,15). The topological polar surface area (TPSA) is 96.6 Å². The molecule has 7 heteroatoms.